The Morgan fingerprint density at radius 3 is 2.47 bits per heavy atom. The lowest BCUT2D eigenvalue weighted by molar-refractivity contribution is -0.195. The highest BCUT2D eigenvalue weighted by Crippen LogP contribution is 2.37. The van der Waals surface area contributed by atoms with E-state index in [2.05, 4.69) is 0 Å². The molecule has 98 valence electrons. The molecule has 1 amide bonds. The molecule has 5 nitrogen and oxygen atoms in total. The van der Waals surface area contributed by atoms with Crippen LogP contribution in [0, 0.1) is 0 Å². The van der Waals surface area contributed by atoms with Crippen LogP contribution in [-0.4, -0.2) is 37.1 Å². The first-order valence-corrected chi connectivity index (χ1v) is 6.38. The maximum atomic E-state index is 11.1. The summed E-state index contributed by atoms with van der Waals surface area (Å²) in [4.78, 5) is 11.1. The Labute approximate surface area is 102 Å². The Kier molecular flexibility index (Phi) is 4.01. The minimum atomic E-state index is -0.459. The van der Waals surface area contributed by atoms with E-state index >= 15 is 0 Å². The Balaban J connectivity index is 1.80. The van der Waals surface area contributed by atoms with Gasteiger partial charge in [-0.1, -0.05) is 6.92 Å². The zero-order valence-corrected chi connectivity index (χ0v) is 10.3. The molecule has 17 heavy (non-hydrogen) atoms. The van der Waals surface area contributed by atoms with Crippen molar-refractivity contribution >= 4 is 5.91 Å². The third kappa shape index (κ3) is 2.97. The Morgan fingerprint density at radius 1 is 1.41 bits per heavy atom. The van der Waals surface area contributed by atoms with Crippen molar-refractivity contribution in [3.63, 3.8) is 0 Å². The van der Waals surface area contributed by atoms with E-state index < -0.39 is 6.10 Å². The first-order valence-electron chi connectivity index (χ1n) is 6.38. The van der Waals surface area contributed by atoms with Gasteiger partial charge in [0, 0.05) is 12.8 Å². The van der Waals surface area contributed by atoms with Crippen molar-refractivity contribution in [2.75, 3.05) is 13.2 Å². The van der Waals surface area contributed by atoms with Crippen molar-refractivity contribution in [1.29, 1.82) is 0 Å². The van der Waals surface area contributed by atoms with Crippen molar-refractivity contribution in [1.82, 2.24) is 0 Å². The molecule has 5 heteroatoms. The Bertz CT molecular complexity index is 266. The summed E-state index contributed by atoms with van der Waals surface area (Å²) in [6, 6.07) is 0. The largest absolute Gasteiger partial charge is 0.367 e. The van der Waals surface area contributed by atoms with Crippen molar-refractivity contribution < 1.29 is 19.0 Å². The van der Waals surface area contributed by atoms with Crippen molar-refractivity contribution in [3.05, 3.63) is 0 Å². The molecule has 2 aliphatic rings. The van der Waals surface area contributed by atoms with Crippen LogP contribution in [0.25, 0.3) is 0 Å². The molecule has 1 saturated heterocycles. The van der Waals surface area contributed by atoms with E-state index in [0.717, 1.165) is 25.7 Å². The van der Waals surface area contributed by atoms with Crippen LogP contribution in [0.15, 0.2) is 0 Å². The zero-order valence-electron chi connectivity index (χ0n) is 10.3. The van der Waals surface area contributed by atoms with Gasteiger partial charge in [-0.2, -0.15) is 0 Å². The van der Waals surface area contributed by atoms with Crippen LogP contribution in [-0.2, 0) is 19.0 Å². The maximum absolute atomic E-state index is 11.1. The molecule has 1 spiro atoms. The van der Waals surface area contributed by atoms with Gasteiger partial charge in [-0.15, -0.1) is 0 Å². The summed E-state index contributed by atoms with van der Waals surface area (Å²) >= 11 is 0. The van der Waals surface area contributed by atoms with Crippen LogP contribution in [0.1, 0.15) is 39.0 Å². The third-order valence-corrected chi connectivity index (χ3v) is 3.55. The van der Waals surface area contributed by atoms with Crippen LogP contribution in [0.2, 0.25) is 0 Å². The summed E-state index contributed by atoms with van der Waals surface area (Å²) < 4.78 is 17.0. The monoisotopic (exact) mass is 243 g/mol. The van der Waals surface area contributed by atoms with Crippen LogP contribution in [0.3, 0.4) is 0 Å². The van der Waals surface area contributed by atoms with Crippen molar-refractivity contribution in [2.24, 2.45) is 5.73 Å². The molecule has 1 aliphatic carbocycles. The number of carbonyl (C=O) groups is 1. The smallest absolute Gasteiger partial charge is 0.246 e. The number of hydrogen-bond acceptors (Lipinski definition) is 4. The average molecular weight is 243 g/mol. The lowest BCUT2D eigenvalue weighted by atomic mass is 9.91. The fourth-order valence-electron chi connectivity index (χ4n) is 2.55. The molecule has 1 unspecified atom stereocenters. The summed E-state index contributed by atoms with van der Waals surface area (Å²) in [5.74, 6) is -0.741. The summed E-state index contributed by atoms with van der Waals surface area (Å²) in [6.45, 7) is 3.28. The van der Waals surface area contributed by atoms with E-state index in [1.165, 1.54) is 0 Å². The molecule has 2 rings (SSSR count). The Morgan fingerprint density at radius 2 is 2.00 bits per heavy atom. The fourth-order valence-corrected chi connectivity index (χ4v) is 2.55. The number of ether oxygens (including phenoxy) is 3. The van der Waals surface area contributed by atoms with Crippen LogP contribution >= 0.6 is 0 Å². The van der Waals surface area contributed by atoms with E-state index in [-0.39, 0.29) is 17.8 Å². The molecule has 1 saturated carbocycles. The molecular formula is C12H21NO4. The molecule has 2 fully saturated rings. The number of rotatable bonds is 4. The zero-order chi connectivity index (χ0) is 12.3. The second-order valence-electron chi connectivity index (χ2n) is 4.74. The lowest BCUT2D eigenvalue weighted by Gasteiger charge is -2.36. The van der Waals surface area contributed by atoms with Gasteiger partial charge in [-0.3, -0.25) is 4.79 Å². The molecule has 2 N–H and O–H groups in total. The van der Waals surface area contributed by atoms with Gasteiger partial charge in [0.15, 0.2) is 5.79 Å². The van der Waals surface area contributed by atoms with E-state index in [9.17, 15) is 4.79 Å². The van der Waals surface area contributed by atoms with Crippen molar-refractivity contribution in [3.8, 4) is 0 Å². The first-order chi connectivity index (χ1) is 8.15. The third-order valence-electron chi connectivity index (χ3n) is 3.55. The second-order valence-corrected chi connectivity index (χ2v) is 4.74. The van der Waals surface area contributed by atoms with E-state index in [1.807, 2.05) is 6.92 Å². The van der Waals surface area contributed by atoms with Gasteiger partial charge < -0.3 is 19.9 Å². The molecule has 0 aromatic carbocycles. The predicted octanol–water partition coefficient (Wildman–Crippen LogP) is 0.953. The molecule has 0 aromatic heterocycles. The van der Waals surface area contributed by atoms with Gasteiger partial charge >= 0.3 is 0 Å². The number of hydrogen-bond donors (Lipinski definition) is 1. The lowest BCUT2D eigenvalue weighted by Crippen LogP contribution is -2.41. The first kappa shape index (κ1) is 12.8. The quantitative estimate of drug-likeness (QED) is 0.798. The van der Waals surface area contributed by atoms with Gasteiger partial charge in [0.05, 0.1) is 19.3 Å². The van der Waals surface area contributed by atoms with Crippen LogP contribution in [0.5, 0.6) is 0 Å². The number of primary amides is 1. The molecule has 1 aliphatic heterocycles. The molecule has 0 bridgehead atoms. The number of nitrogens with two attached hydrogens (primary N) is 1. The fraction of sp³-hybridized carbons (Fsp3) is 0.917. The second kappa shape index (κ2) is 5.33. The normalized spacial score (nSPS) is 26.2. The maximum Gasteiger partial charge on any atom is 0.246 e. The molecule has 1 atom stereocenters. The van der Waals surface area contributed by atoms with Gasteiger partial charge in [0.1, 0.15) is 6.10 Å². The predicted molar refractivity (Wildman–Crippen MR) is 61.2 cm³/mol. The van der Waals surface area contributed by atoms with Crippen molar-refractivity contribution in [2.45, 2.75) is 57.0 Å². The molecule has 0 radical (unpaired) electrons. The summed E-state index contributed by atoms with van der Waals surface area (Å²) in [5.41, 5.74) is 5.27. The average Bonchev–Trinajstić information content (AvgIpc) is 2.77. The van der Waals surface area contributed by atoms with Gasteiger partial charge in [0.2, 0.25) is 5.91 Å². The van der Waals surface area contributed by atoms with Gasteiger partial charge in [0.25, 0.3) is 0 Å². The van der Waals surface area contributed by atoms with E-state index in [4.69, 9.17) is 19.9 Å². The van der Waals surface area contributed by atoms with Gasteiger partial charge in [-0.05, 0) is 19.3 Å². The van der Waals surface area contributed by atoms with Gasteiger partial charge in [-0.25, -0.2) is 0 Å². The van der Waals surface area contributed by atoms with Crippen LogP contribution in [0.4, 0.5) is 0 Å². The highest BCUT2D eigenvalue weighted by atomic mass is 16.7. The summed E-state index contributed by atoms with van der Waals surface area (Å²) in [6.07, 6.45) is 3.68. The molecule has 1 heterocycles. The highest BCUT2D eigenvalue weighted by Gasteiger charge is 2.41. The summed E-state index contributed by atoms with van der Waals surface area (Å²) in [7, 11) is 0. The molecular weight excluding hydrogens is 222 g/mol. The number of carbonyl (C=O) groups excluding carboxylic acids is 1. The molecule has 0 aromatic rings. The van der Waals surface area contributed by atoms with E-state index in [1.54, 1.807) is 0 Å². The Hall–Kier alpha value is -0.650. The standard InChI is InChI=1S/C12H21NO4/c1-2-10(11(13)14)17-9-3-5-12(6-4-9)15-7-8-16-12/h9-10H,2-8H2,1H3,(H2,13,14). The minimum Gasteiger partial charge on any atom is -0.367 e. The van der Waals surface area contributed by atoms with E-state index in [0.29, 0.717) is 19.6 Å². The minimum absolute atomic E-state index is 0.103. The SMILES string of the molecule is CCC(OC1CCC2(CC1)OCCO2)C(N)=O. The topological polar surface area (TPSA) is 70.8 Å². The highest BCUT2D eigenvalue weighted by molar-refractivity contribution is 5.78. The summed E-state index contributed by atoms with van der Waals surface area (Å²) in [5, 5.41) is 0. The number of amides is 1. The van der Waals surface area contributed by atoms with Crippen LogP contribution < -0.4 is 5.73 Å².